The lowest BCUT2D eigenvalue weighted by atomic mass is 10.2. The fraction of sp³-hybridized carbons (Fsp3) is 0.188. The van der Waals surface area contributed by atoms with E-state index in [1.165, 1.54) is 11.6 Å². The number of aromatic nitrogens is 4. The molecule has 0 N–H and O–H groups in total. The van der Waals surface area contributed by atoms with Crippen LogP contribution in [0.1, 0.15) is 11.4 Å². The normalized spacial score (nSPS) is 10.5. The largest absolute Gasteiger partial charge is 0.332 e. The minimum Gasteiger partial charge on any atom is -0.306 e. The van der Waals surface area contributed by atoms with Gasteiger partial charge in [0.2, 0.25) is 0 Å². The lowest BCUT2D eigenvalue weighted by Gasteiger charge is -2.04. The van der Waals surface area contributed by atoms with Gasteiger partial charge in [-0.2, -0.15) is 0 Å². The molecule has 0 unspecified atom stereocenters. The van der Waals surface area contributed by atoms with E-state index in [1.54, 1.807) is 18.7 Å². The molecular weight excluding hydrogens is 280 g/mol. The van der Waals surface area contributed by atoms with Crippen LogP contribution in [0, 0.1) is 11.8 Å². The molecule has 0 spiro atoms. The van der Waals surface area contributed by atoms with Crippen LogP contribution in [-0.2, 0) is 21.1 Å². The van der Waals surface area contributed by atoms with Crippen molar-refractivity contribution in [3.8, 4) is 11.8 Å². The van der Waals surface area contributed by atoms with Gasteiger partial charge < -0.3 is 4.57 Å². The van der Waals surface area contributed by atoms with Gasteiger partial charge in [0.25, 0.3) is 5.56 Å². The summed E-state index contributed by atoms with van der Waals surface area (Å²) >= 11 is 0. The van der Waals surface area contributed by atoms with E-state index in [0.29, 0.717) is 11.5 Å². The summed E-state index contributed by atoms with van der Waals surface area (Å²) in [4.78, 5) is 28.4. The van der Waals surface area contributed by atoms with Gasteiger partial charge >= 0.3 is 5.69 Å². The highest BCUT2D eigenvalue weighted by Gasteiger charge is 2.15. The number of hydrogen-bond acceptors (Lipinski definition) is 3. The van der Waals surface area contributed by atoms with E-state index in [4.69, 9.17) is 0 Å². The van der Waals surface area contributed by atoms with Crippen molar-refractivity contribution < 1.29 is 0 Å². The molecule has 0 saturated carbocycles. The molecule has 0 bridgehead atoms. The maximum absolute atomic E-state index is 12.2. The number of imidazole rings is 1. The van der Waals surface area contributed by atoms with Crippen LogP contribution in [0.15, 0.2) is 39.9 Å². The van der Waals surface area contributed by atoms with Crippen molar-refractivity contribution >= 4 is 11.2 Å². The van der Waals surface area contributed by atoms with E-state index in [-0.39, 0.29) is 11.2 Å². The van der Waals surface area contributed by atoms with Crippen molar-refractivity contribution in [3.05, 3.63) is 62.6 Å². The Morgan fingerprint density at radius 1 is 0.909 bits per heavy atom. The molecule has 2 heterocycles. The highest BCUT2D eigenvalue weighted by Crippen LogP contribution is 2.08. The molecule has 3 aromatic rings. The predicted octanol–water partition coefficient (Wildman–Crippen LogP) is 0.371. The molecule has 6 nitrogen and oxygen atoms in total. The average molecular weight is 294 g/mol. The maximum Gasteiger partial charge on any atom is 0.332 e. The average Bonchev–Trinajstić information content (AvgIpc) is 2.87. The molecule has 3 rings (SSSR count). The molecule has 1 aromatic carbocycles. The Morgan fingerprint density at radius 2 is 1.59 bits per heavy atom. The summed E-state index contributed by atoms with van der Waals surface area (Å²) < 4.78 is 4.11. The van der Waals surface area contributed by atoms with Crippen molar-refractivity contribution in [1.82, 2.24) is 18.7 Å². The summed E-state index contributed by atoms with van der Waals surface area (Å²) in [6.45, 7) is 0. The second kappa shape index (κ2) is 5.04. The molecule has 0 aliphatic rings. The van der Waals surface area contributed by atoms with Gasteiger partial charge in [0.1, 0.15) is 0 Å². The number of fused-ring (bicyclic) bond motifs is 1. The maximum atomic E-state index is 12.2. The lowest BCUT2D eigenvalue weighted by molar-refractivity contribution is 0.697. The zero-order valence-electron chi connectivity index (χ0n) is 12.5. The summed E-state index contributed by atoms with van der Waals surface area (Å²) in [6, 6.07) is 9.51. The minimum absolute atomic E-state index is 0.240. The Balaban J connectivity index is 2.27. The van der Waals surface area contributed by atoms with Gasteiger partial charge in [-0.05, 0) is 18.1 Å². The first-order chi connectivity index (χ1) is 10.5. The Kier molecular flexibility index (Phi) is 3.18. The first-order valence-electron chi connectivity index (χ1n) is 6.70. The fourth-order valence-electron chi connectivity index (χ4n) is 2.34. The van der Waals surface area contributed by atoms with Crippen LogP contribution < -0.4 is 11.2 Å². The standard InChI is InChI=1S/C16H14N4O2/c1-18-12(10-9-11-7-5-4-6-8-11)17-13-14(18)19(2)16(22)20(3)15(13)21/h4-8H,1-3H3. The van der Waals surface area contributed by atoms with Crippen LogP contribution in [0.3, 0.4) is 0 Å². The van der Waals surface area contributed by atoms with E-state index in [1.807, 2.05) is 30.3 Å². The topological polar surface area (TPSA) is 61.8 Å². The van der Waals surface area contributed by atoms with Crippen LogP contribution in [0.25, 0.3) is 11.2 Å². The number of rotatable bonds is 0. The van der Waals surface area contributed by atoms with Gasteiger partial charge in [-0.25, -0.2) is 9.78 Å². The van der Waals surface area contributed by atoms with Gasteiger partial charge in [0.15, 0.2) is 17.0 Å². The van der Waals surface area contributed by atoms with Crippen molar-refractivity contribution in [2.24, 2.45) is 21.1 Å². The zero-order valence-corrected chi connectivity index (χ0v) is 12.5. The molecule has 0 aliphatic heterocycles. The molecule has 0 fully saturated rings. The Morgan fingerprint density at radius 3 is 2.27 bits per heavy atom. The summed E-state index contributed by atoms with van der Waals surface area (Å²) in [5.41, 5.74) is 0.760. The second-order valence-electron chi connectivity index (χ2n) is 4.99. The molecule has 0 saturated heterocycles. The third-order valence-corrected chi connectivity index (χ3v) is 3.56. The van der Waals surface area contributed by atoms with Crippen LogP contribution in [0.5, 0.6) is 0 Å². The number of benzene rings is 1. The minimum atomic E-state index is -0.415. The van der Waals surface area contributed by atoms with Gasteiger partial charge in [0.05, 0.1) is 0 Å². The Bertz CT molecular complexity index is 1040. The van der Waals surface area contributed by atoms with Gasteiger partial charge in [0, 0.05) is 26.7 Å². The predicted molar refractivity (Wildman–Crippen MR) is 83.6 cm³/mol. The second-order valence-corrected chi connectivity index (χ2v) is 4.99. The smallest absolute Gasteiger partial charge is 0.306 e. The number of hydrogen-bond donors (Lipinski definition) is 0. The van der Waals surface area contributed by atoms with E-state index < -0.39 is 5.56 Å². The molecule has 2 aromatic heterocycles. The van der Waals surface area contributed by atoms with Crippen molar-refractivity contribution in [3.63, 3.8) is 0 Å². The Hall–Kier alpha value is -3.07. The zero-order chi connectivity index (χ0) is 15.9. The fourth-order valence-corrected chi connectivity index (χ4v) is 2.34. The molecule has 6 heteroatoms. The molecule has 0 radical (unpaired) electrons. The SMILES string of the molecule is Cn1c(=O)c2nc(C#Cc3ccccc3)n(C)c2n(C)c1=O. The number of aryl methyl sites for hydroxylation is 2. The molecule has 0 atom stereocenters. The third kappa shape index (κ3) is 2.04. The highest BCUT2D eigenvalue weighted by molar-refractivity contribution is 5.72. The molecular formula is C16H14N4O2. The van der Waals surface area contributed by atoms with E-state index in [9.17, 15) is 9.59 Å². The number of nitrogens with zero attached hydrogens (tertiary/aromatic N) is 4. The van der Waals surface area contributed by atoms with E-state index in [0.717, 1.165) is 10.1 Å². The van der Waals surface area contributed by atoms with Crippen LogP contribution in [-0.4, -0.2) is 18.7 Å². The lowest BCUT2D eigenvalue weighted by Crippen LogP contribution is -2.37. The highest BCUT2D eigenvalue weighted by atomic mass is 16.2. The van der Waals surface area contributed by atoms with Crippen LogP contribution in [0.4, 0.5) is 0 Å². The molecule has 0 aliphatic carbocycles. The summed E-state index contributed by atoms with van der Waals surface area (Å²) in [7, 11) is 4.79. The van der Waals surface area contributed by atoms with E-state index in [2.05, 4.69) is 16.8 Å². The monoisotopic (exact) mass is 294 g/mol. The molecule has 22 heavy (non-hydrogen) atoms. The third-order valence-electron chi connectivity index (χ3n) is 3.56. The van der Waals surface area contributed by atoms with Crippen molar-refractivity contribution in [1.29, 1.82) is 0 Å². The van der Waals surface area contributed by atoms with Crippen molar-refractivity contribution in [2.45, 2.75) is 0 Å². The van der Waals surface area contributed by atoms with Gasteiger partial charge in [-0.3, -0.25) is 13.9 Å². The first kappa shape index (κ1) is 13.9. The van der Waals surface area contributed by atoms with Gasteiger partial charge in [-0.1, -0.05) is 24.1 Å². The summed E-state index contributed by atoms with van der Waals surface area (Å²) in [6.07, 6.45) is 0. The summed E-state index contributed by atoms with van der Waals surface area (Å²) in [5.74, 6) is 6.39. The van der Waals surface area contributed by atoms with E-state index >= 15 is 0 Å². The summed E-state index contributed by atoms with van der Waals surface area (Å²) in [5, 5.41) is 0. The van der Waals surface area contributed by atoms with Crippen molar-refractivity contribution in [2.75, 3.05) is 0 Å². The molecule has 110 valence electrons. The first-order valence-corrected chi connectivity index (χ1v) is 6.70. The van der Waals surface area contributed by atoms with Crippen LogP contribution >= 0.6 is 0 Å². The quantitative estimate of drug-likeness (QED) is 0.563. The molecule has 0 amide bonds. The Labute approximate surface area is 126 Å². The van der Waals surface area contributed by atoms with Crippen LogP contribution in [0.2, 0.25) is 0 Å². The van der Waals surface area contributed by atoms with Gasteiger partial charge in [-0.15, -0.1) is 0 Å².